The van der Waals surface area contributed by atoms with Gasteiger partial charge in [0.25, 0.3) is 5.91 Å². The van der Waals surface area contributed by atoms with E-state index in [-0.39, 0.29) is 23.2 Å². The van der Waals surface area contributed by atoms with E-state index >= 15 is 0 Å². The Morgan fingerprint density at radius 1 is 1.09 bits per heavy atom. The van der Waals surface area contributed by atoms with Gasteiger partial charge in [-0.05, 0) is 79.4 Å². The van der Waals surface area contributed by atoms with E-state index in [1.165, 1.54) is 0 Å². The second-order valence-corrected chi connectivity index (χ2v) is 8.75. The van der Waals surface area contributed by atoms with Crippen molar-refractivity contribution < 1.29 is 14.6 Å². The Morgan fingerprint density at radius 3 is 2.53 bits per heavy atom. The molecule has 1 heterocycles. The molecule has 1 amide bonds. The first kappa shape index (κ1) is 20.6. The van der Waals surface area contributed by atoms with E-state index in [0.29, 0.717) is 12.2 Å². The normalized spacial score (nSPS) is 18.3. The Labute approximate surface area is 188 Å². The van der Waals surface area contributed by atoms with E-state index in [1.807, 2.05) is 61.6 Å². The van der Waals surface area contributed by atoms with E-state index in [0.717, 1.165) is 48.2 Å². The molecule has 3 aromatic carbocycles. The van der Waals surface area contributed by atoms with E-state index in [9.17, 15) is 9.90 Å². The zero-order valence-electron chi connectivity index (χ0n) is 18.3. The third-order valence-electron chi connectivity index (χ3n) is 6.59. The molecule has 1 atom stereocenters. The van der Waals surface area contributed by atoms with Crippen LogP contribution in [-0.2, 0) is 6.42 Å². The number of amides is 1. The van der Waals surface area contributed by atoms with Crippen LogP contribution in [0.5, 0.6) is 11.5 Å². The van der Waals surface area contributed by atoms with Gasteiger partial charge in [-0.15, -0.1) is 0 Å². The van der Waals surface area contributed by atoms with Crippen LogP contribution in [0.15, 0.2) is 72.8 Å². The maximum atomic E-state index is 13.8. The number of aromatic hydroxyl groups is 1. The second kappa shape index (κ2) is 8.32. The van der Waals surface area contributed by atoms with E-state index in [1.54, 1.807) is 6.07 Å². The van der Waals surface area contributed by atoms with Crippen molar-refractivity contribution in [3.63, 3.8) is 0 Å². The zero-order valence-corrected chi connectivity index (χ0v) is 18.3. The highest BCUT2D eigenvalue weighted by Crippen LogP contribution is 2.55. The monoisotopic (exact) mass is 428 g/mol. The number of ether oxygens (including phenoxy) is 1. The van der Waals surface area contributed by atoms with Crippen LogP contribution in [0.1, 0.15) is 45.9 Å². The Morgan fingerprint density at radius 2 is 1.84 bits per heavy atom. The van der Waals surface area contributed by atoms with Gasteiger partial charge >= 0.3 is 0 Å². The number of nitrogens with zero attached hydrogens (tertiary/aromatic N) is 1. The molecule has 5 nitrogen and oxygen atoms in total. The summed E-state index contributed by atoms with van der Waals surface area (Å²) >= 11 is 0. The lowest BCUT2D eigenvalue weighted by atomic mass is 9.82. The molecule has 32 heavy (non-hydrogen) atoms. The van der Waals surface area contributed by atoms with Crippen LogP contribution in [0.3, 0.4) is 0 Å². The van der Waals surface area contributed by atoms with Crippen LogP contribution in [-0.4, -0.2) is 41.7 Å². The molecular weight excluding hydrogens is 400 g/mol. The molecule has 2 N–H and O–H groups in total. The van der Waals surface area contributed by atoms with Gasteiger partial charge in [0.1, 0.15) is 18.1 Å². The maximum Gasteiger partial charge on any atom is 0.255 e. The summed E-state index contributed by atoms with van der Waals surface area (Å²) < 4.78 is 5.79. The molecule has 1 fully saturated rings. The van der Waals surface area contributed by atoms with Crippen molar-refractivity contribution in [2.24, 2.45) is 0 Å². The summed E-state index contributed by atoms with van der Waals surface area (Å²) in [6.45, 7) is 1.38. The number of hydrogen-bond acceptors (Lipinski definition) is 4. The number of hydrogen-bond donors (Lipinski definition) is 2. The number of phenols is 1. The summed E-state index contributed by atoms with van der Waals surface area (Å²) in [6.07, 6.45) is 2.72. The number of likely N-dealkylation sites (N-methyl/N-ethyl adjacent to an activating group) is 1. The van der Waals surface area contributed by atoms with Crippen LogP contribution in [0.25, 0.3) is 0 Å². The third-order valence-corrected chi connectivity index (χ3v) is 6.59. The second-order valence-electron chi connectivity index (χ2n) is 8.75. The fourth-order valence-electron chi connectivity index (χ4n) is 4.82. The van der Waals surface area contributed by atoms with Gasteiger partial charge in [-0.25, -0.2) is 0 Å². The molecule has 0 aromatic heterocycles. The summed E-state index contributed by atoms with van der Waals surface area (Å²) in [7, 11) is 1.90. The van der Waals surface area contributed by atoms with Crippen LogP contribution in [0.4, 0.5) is 0 Å². The van der Waals surface area contributed by atoms with Crippen LogP contribution < -0.4 is 10.1 Å². The zero-order chi connectivity index (χ0) is 22.1. The lowest BCUT2D eigenvalue weighted by Crippen LogP contribution is -2.49. The van der Waals surface area contributed by atoms with Crippen molar-refractivity contribution in [3.05, 3.63) is 95.1 Å². The molecule has 2 aliphatic rings. The minimum Gasteiger partial charge on any atom is -0.508 e. The fraction of sp³-hybridized carbons (Fsp3) is 0.296. The lowest BCUT2D eigenvalue weighted by molar-refractivity contribution is 0.0541. The summed E-state index contributed by atoms with van der Waals surface area (Å²) in [5.41, 5.74) is 3.76. The summed E-state index contributed by atoms with van der Waals surface area (Å²) in [4.78, 5) is 15.9. The van der Waals surface area contributed by atoms with Crippen molar-refractivity contribution in [2.75, 3.05) is 20.2 Å². The molecule has 0 saturated heterocycles. The molecule has 3 aromatic rings. The topological polar surface area (TPSA) is 61.8 Å². The number of phenolic OH excluding ortho intramolecular Hbond substituents is 1. The van der Waals surface area contributed by atoms with Gasteiger partial charge in [0, 0.05) is 17.6 Å². The number of carbonyl (C=O) groups is 1. The summed E-state index contributed by atoms with van der Waals surface area (Å²) in [5, 5.41) is 13.2. The Balaban J connectivity index is 1.57. The Bertz CT molecular complexity index is 1110. The highest BCUT2D eigenvalue weighted by atomic mass is 16.5. The molecule has 1 aliphatic heterocycles. The Kier molecular flexibility index (Phi) is 5.35. The summed E-state index contributed by atoms with van der Waals surface area (Å²) in [6, 6.07) is 22.9. The average Bonchev–Trinajstić information content (AvgIpc) is 3.58. The lowest BCUT2D eigenvalue weighted by Gasteiger charge is -2.44. The van der Waals surface area contributed by atoms with Crippen LogP contribution in [0.2, 0.25) is 0 Å². The van der Waals surface area contributed by atoms with Gasteiger partial charge in [0.2, 0.25) is 0 Å². The minimum absolute atomic E-state index is 0.0566. The average molecular weight is 429 g/mol. The Hall–Kier alpha value is -3.31. The van der Waals surface area contributed by atoms with E-state index in [2.05, 4.69) is 22.3 Å². The molecule has 0 bridgehead atoms. The highest BCUT2D eigenvalue weighted by molar-refractivity contribution is 5.96. The van der Waals surface area contributed by atoms with Gasteiger partial charge in [-0.2, -0.15) is 0 Å². The van der Waals surface area contributed by atoms with Crippen molar-refractivity contribution in [3.8, 4) is 11.5 Å². The van der Waals surface area contributed by atoms with Crippen molar-refractivity contribution in [1.82, 2.24) is 10.2 Å². The number of rotatable bonds is 6. The first-order valence-corrected chi connectivity index (χ1v) is 11.2. The van der Waals surface area contributed by atoms with Crippen molar-refractivity contribution in [2.45, 2.75) is 30.8 Å². The largest absolute Gasteiger partial charge is 0.508 e. The number of carbonyl (C=O) groups excluding carboxylic acids is 1. The first-order chi connectivity index (χ1) is 15.6. The SMILES string of the molecule is CNCCOc1ccc([C@@H]2c3ccc(O)cc3CC3(CC3)N2C(=O)c2ccccc2)cc1. The smallest absolute Gasteiger partial charge is 0.255 e. The van der Waals surface area contributed by atoms with Gasteiger partial charge in [-0.3, -0.25) is 4.79 Å². The molecule has 1 aliphatic carbocycles. The molecular formula is C27H28N2O3. The molecule has 5 heteroatoms. The third kappa shape index (κ3) is 3.73. The number of fused-ring (bicyclic) bond motifs is 1. The molecule has 0 unspecified atom stereocenters. The van der Waals surface area contributed by atoms with Crippen molar-refractivity contribution in [1.29, 1.82) is 0 Å². The maximum absolute atomic E-state index is 13.8. The predicted molar refractivity (Wildman–Crippen MR) is 124 cm³/mol. The van der Waals surface area contributed by atoms with Crippen molar-refractivity contribution >= 4 is 5.91 Å². The van der Waals surface area contributed by atoms with Gasteiger partial charge in [0.15, 0.2) is 0 Å². The minimum atomic E-state index is -0.207. The predicted octanol–water partition coefficient (Wildman–Crippen LogP) is 4.31. The highest BCUT2D eigenvalue weighted by Gasteiger charge is 2.56. The molecule has 0 radical (unpaired) electrons. The standard InChI is InChI=1S/C27H28N2O3/c1-28-15-16-32-23-10-7-19(8-11-23)25-24-12-9-22(30)17-21(24)18-27(13-14-27)29(25)26(31)20-5-3-2-4-6-20/h2-12,17,25,28,30H,13-16,18H2,1H3/t25-/m1/s1. The molecule has 1 spiro atoms. The summed E-state index contributed by atoms with van der Waals surface area (Å²) in [5.74, 6) is 1.14. The van der Waals surface area contributed by atoms with Gasteiger partial charge < -0.3 is 20.1 Å². The quantitative estimate of drug-likeness (QED) is 0.575. The first-order valence-electron chi connectivity index (χ1n) is 11.2. The fourth-order valence-corrected chi connectivity index (χ4v) is 4.82. The number of benzene rings is 3. The molecule has 164 valence electrons. The van der Waals surface area contributed by atoms with Crippen LogP contribution >= 0.6 is 0 Å². The molecule has 5 rings (SSSR count). The van der Waals surface area contributed by atoms with Gasteiger partial charge in [0.05, 0.1) is 6.04 Å². The number of nitrogens with one attached hydrogen (secondary N) is 1. The molecule has 1 saturated carbocycles. The van der Waals surface area contributed by atoms with Gasteiger partial charge in [-0.1, -0.05) is 36.4 Å². The van der Waals surface area contributed by atoms with E-state index < -0.39 is 0 Å². The van der Waals surface area contributed by atoms with Crippen LogP contribution in [0, 0.1) is 0 Å². The van der Waals surface area contributed by atoms with E-state index in [4.69, 9.17) is 4.74 Å².